The number of benzene rings is 6. The Balaban J connectivity index is 1.28. The van der Waals surface area contributed by atoms with Crippen molar-refractivity contribution in [3.8, 4) is 34.0 Å². The minimum atomic E-state index is -1.11. The van der Waals surface area contributed by atoms with Gasteiger partial charge >= 0.3 is 0 Å². The Kier molecular flexibility index (Phi) is 5.90. The number of aliphatic hydroxyl groups excluding tert-OH is 1. The molecule has 0 bridgehead atoms. The van der Waals surface area contributed by atoms with E-state index in [2.05, 4.69) is 41.0 Å². The third-order valence-corrected chi connectivity index (χ3v) is 8.52. The van der Waals surface area contributed by atoms with Crippen LogP contribution in [-0.4, -0.2) is 15.6 Å². The predicted octanol–water partition coefficient (Wildman–Crippen LogP) is 8.64. The van der Waals surface area contributed by atoms with Crippen LogP contribution in [-0.2, 0) is 0 Å². The van der Waals surface area contributed by atoms with Gasteiger partial charge in [-0.1, -0.05) is 97.1 Å². The molecule has 0 saturated heterocycles. The highest BCUT2D eigenvalue weighted by Gasteiger charge is 2.39. The van der Waals surface area contributed by atoms with Crippen LogP contribution in [0.2, 0.25) is 0 Å². The van der Waals surface area contributed by atoms with E-state index in [9.17, 15) is 15.2 Å². The molecule has 8 rings (SSSR count). The first-order chi connectivity index (χ1) is 21.6. The van der Waals surface area contributed by atoms with Crippen molar-refractivity contribution in [1.29, 1.82) is 5.26 Å². The van der Waals surface area contributed by atoms with E-state index in [1.807, 2.05) is 103 Å². The highest BCUT2D eigenvalue weighted by molar-refractivity contribution is 6.15. The molecule has 208 valence electrons. The van der Waals surface area contributed by atoms with Gasteiger partial charge in [-0.05, 0) is 64.7 Å². The van der Waals surface area contributed by atoms with Crippen LogP contribution in [0.3, 0.4) is 0 Å². The topological polar surface area (TPSA) is 69.3 Å². The van der Waals surface area contributed by atoms with Gasteiger partial charge in [0.2, 0.25) is 0 Å². The van der Waals surface area contributed by atoms with Crippen molar-refractivity contribution >= 4 is 33.4 Å². The van der Waals surface area contributed by atoms with Gasteiger partial charge in [-0.2, -0.15) is 5.26 Å². The molecule has 0 spiro atoms. The molecule has 2 heterocycles. The molecule has 0 saturated carbocycles. The summed E-state index contributed by atoms with van der Waals surface area (Å²) in [6.07, 6.45) is -1.11. The molecule has 1 N–H and O–H groups in total. The average Bonchev–Trinajstić information content (AvgIpc) is 3.55. The van der Waals surface area contributed by atoms with Crippen LogP contribution in [0, 0.1) is 11.3 Å². The summed E-state index contributed by atoms with van der Waals surface area (Å²) in [5, 5.41) is 23.1. The summed E-state index contributed by atoms with van der Waals surface area (Å²) in [5.41, 5.74) is 8.93. The zero-order valence-electron chi connectivity index (χ0n) is 23.6. The zero-order chi connectivity index (χ0) is 29.8. The Morgan fingerprint density at radius 1 is 0.614 bits per heavy atom. The maximum absolute atomic E-state index is 14.2. The first kappa shape index (κ1) is 25.7. The summed E-state index contributed by atoms with van der Waals surface area (Å²) in [5.74, 6) is -0.251. The number of amides is 1. The van der Waals surface area contributed by atoms with Gasteiger partial charge in [0, 0.05) is 22.0 Å². The number of aromatic nitrogens is 1. The Labute approximate surface area is 254 Å². The number of anilines is 1. The Morgan fingerprint density at radius 2 is 1.27 bits per heavy atom. The molecule has 0 fully saturated rings. The van der Waals surface area contributed by atoms with Crippen molar-refractivity contribution < 1.29 is 9.90 Å². The second-order valence-electron chi connectivity index (χ2n) is 11.0. The van der Waals surface area contributed by atoms with Gasteiger partial charge in [0.1, 0.15) is 0 Å². The van der Waals surface area contributed by atoms with Gasteiger partial charge in [0.05, 0.1) is 33.9 Å². The number of nitriles is 1. The first-order valence-electron chi connectivity index (χ1n) is 14.5. The molecule has 1 aliphatic rings. The number of fused-ring (bicyclic) bond motifs is 4. The highest BCUT2D eigenvalue weighted by Crippen LogP contribution is 2.42. The summed E-state index contributed by atoms with van der Waals surface area (Å²) < 4.78 is 2.12. The summed E-state index contributed by atoms with van der Waals surface area (Å²) in [6.45, 7) is 0. The lowest BCUT2D eigenvalue weighted by Gasteiger charge is -2.21. The van der Waals surface area contributed by atoms with E-state index in [4.69, 9.17) is 0 Å². The van der Waals surface area contributed by atoms with E-state index in [-0.39, 0.29) is 5.91 Å². The average molecular weight is 568 g/mol. The number of rotatable bonds is 4. The minimum absolute atomic E-state index is 0.251. The van der Waals surface area contributed by atoms with E-state index < -0.39 is 6.23 Å². The Hall–Kier alpha value is -5.96. The Bertz CT molecular complexity index is 2280. The van der Waals surface area contributed by atoms with Crippen molar-refractivity contribution in [1.82, 2.24) is 4.57 Å². The number of nitrogens with zero attached hydrogens (tertiary/aromatic N) is 3. The second-order valence-corrected chi connectivity index (χ2v) is 11.0. The quantitative estimate of drug-likeness (QED) is 0.231. The lowest BCUT2D eigenvalue weighted by atomic mass is 10.0. The van der Waals surface area contributed by atoms with Crippen molar-refractivity contribution in [2.75, 3.05) is 4.90 Å². The monoisotopic (exact) mass is 567 g/mol. The molecule has 5 heteroatoms. The molecule has 5 nitrogen and oxygen atoms in total. The number of hydrogen-bond acceptors (Lipinski definition) is 3. The van der Waals surface area contributed by atoms with Crippen molar-refractivity contribution in [3.05, 3.63) is 156 Å². The molecule has 6 aromatic carbocycles. The summed E-state index contributed by atoms with van der Waals surface area (Å²) >= 11 is 0. The van der Waals surface area contributed by atoms with Crippen LogP contribution < -0.4 is 4.90 Å². The van der Waals surface area contributed by atoms with Crippen molar-refractivity contribution in [3.63, 3.8) is 0 Å². The van der Waals surface area contributed by atoms with Crippen molar-refractivity contribution in [2.45, 2.75) is 6.23 Å². The minimum Gasteiger partial charge on any atom is -0.369 e. The van der Waals surface area contributed by atoms with E-state index in [1.54, 1.807) is 6.07 Å². The van der Waals surface area contributed by atoms with Crippen LogP contribution in [0.1, 0.15) is 27.7 Å². The maximum Gasteiger partial charge on any atom is 0.263 e. The fourth-order valence-electron chi connectivity index (χ4n) is 6.44. The molecule has 1 aliphatic heterocycles. The second kappa shape index (κ2) is 10.1. The number of hydrogen-bond donors (Lipinski definition) is 1. The van der Waals surface area contributed by atoms with Crippen LogP contribution in [0.25, 0.3) is 49.7 Å². The lowest BCUT2D eigenvalue weighted by Crippen LogP contribution is -2.27. The molecule has 7 aromatic rings. The molecule has 1 amide bonds. The fraction of sp³-hybridized carbons (Fsp3) is 0.0256. The van der Waals surface area contributed by atoms with Crippen LogP contribution in [0.4, 0.5) is 5.69 Å². The molecular weight excluding hydrogens is 542 g/mol. The molecular formula is C39H25N3O2. The van der Waals surface area contributed by atoms with Gasteiger partial charge in [-0.3, -0.25) is 9.69 Å². The lowest BCUT2D eigenvalue weighted by molar-refractivity contribution is 0.0935. The summed E-state index contributed by atoms with van der Waals surface area (Å²) in [6, 6.07) is 47.7. The largest absolute Gasteiger partial charge is 0.369 e. The molecule has 44 heavy (non-hydrogen) atoms. The third kappa shape index (κ3) is 3.94. The standard InChI is InChI=1S/C39H25N3O2/c40-24-25-8-6-11-28(22-25)29-18-21-32-31-12-4-5-14-34(31)42(36(32)23-29)35-15-7-13-33-37(35)39(44)41(38(33)43)30-19-16-27(17-20-30)26-9-2-1-3-10-26/h1-23,38,43H. The molecule has 1 aromatic heterocycles. The van der Waals surface area contributed by atoms with E-state index in [0.29, 0.717) is 28.1 Å². The molecule has 0 aliphatic carbocycles. The molecule has 1 atom stereocenters. The number of para-hydroxylation sites is 1. The smallest absolute Gasteiger partial charge is 0.263 e. The summed E-state index contributed by atoms with van der Waals surface area (Å²) in [4.78, 5) is 15.7. The van der Waals surface area contributed by atoms with E-state index >= 15 is 0 Å². The number of carbonyl (C=O) groups is 1. The van der Waals surface area contributed by atoms with E-state index in [1.165, 1.54) is 4.90 Å². The SMILES string of the molecule is N#Cc1cccc(-c2ccc3c4ccccc4n(-c4cccc5c4C(=O)N(c4ccc(-c6ccccc6)cc4)C5O)c3c2)c1. The number of aliphatic hydroxyl groups is 1. The highest BCUT2D eigenvalue weighted by atomic mass is 16.3. The summed E-state index contributed by atoms with van der Waals surface area (Å²) in [7, 11) is 0. The Morgan fingerprint density at radius 3 is 2.09 bits per heavy atom. The molecule has 1 unspecified atom stereocenters. The van der Waals surface area contributed by atoms with Gasteiger partial charge < -0.3 is 9.67 Å². The van der Waals surface area contributed by atoms with Crippen molar-refractivity contribution in [2.24, 2.45) is 0 Å². The predicted molar refractivity (Wildman–Crippen MR) is 175 cm³/mol. The zero-order valence-corrected chi connectivity index (χ0v) is 23.6. The van der Waals surface area contributed by atoms with Crippen LogP contribution in [0.5, 0.6) is 0 Å². The third-order valence-electron chi connectivity index (χ3n) is 8.52. The first-order valence-corrected chi connectivity index (χ1v) is 14.5. The van der Waals surface area contributed by atoms with Gasteiger partial charge in [0.25, 0.3) is 5.91 Å². The maximum atomic E-state index is 14.2. The van der Waals surface area contributed by atoms with Crippen LogP contribution in [0.15, 0.2) is 140 Å². The molecule has 0 radical (unpaired) electrons. The van der Waals surface area contributed by atoms with E-state index in [0.717, 1.165) is 44.1 Å². The normalized spacial score (nSPS) is 14.2. The van der Waals surface area contributed by atoms with Gasteiger partial charge in [-0.25, -0.2) is 0 Å². The van der Waals surface area contributed by atoms with Gasteiger partial charge in [-0.15, -0.1) is 0 Å². The van der Waals surface area contributed by atoms with Crippen LogP contribution >= 0.6 is 0 Å². The number of carbonyl (C=O) groups excluding carboxylic acids is 1. The van der Waals surface area contributed by atoms with Gasteiger partial charge in [0.15, 0.2) is 6.23 Å². The fourth-order valence-corrected chi connectivity index (χ4v) is 6.44.